The van der Waals surface area contributed by atoms with Gasteiger partial charge in [-0.2, -0.15) is 0 Å². The van der Waals surface area contributed by atoms with Gasteiger partial charge in [0, 0.05) is 31.2 Å². The van der Waals surface area contributed by atoms with E-state index < -0.39 is 0 Å². The van der Waals surface area contributed by atoms with Crippen molar-refractivity contribution < 1.29 is 28.5 Å². The zero-order valence-corrected chi connectivity index (χ0v) is 18.3. The molecule has 0 unspecified atom stereocenters. The van der Waals surface area contributed by atoms with Gasteiger partial charge in [-0.3, -0.25) is 4.79 Å². The molecule has 8 heteroatoms. The third-order valence-corrected chi connectivity index (χ3v) is 6.36. The van der Waals surface area contributed by atoms with Crippen LogP contribution in [0.2, 0.25) is 5.02 Å². The van der Waals surface area contributed by atoms with Crippen LogP contribution in [0.25, 0.3) is 6.08 Å². The number of ether oxygens (including phenoxy) is 5. The lowest BCUT2D eigenvalue weighted by Gasteiger charge is -2.38. The zero-order valence-electron chi connectivity index (χ0n) is 17.5. The van der Waals surface area contributed by atoms with E-state index in [0.717, 1.165) is 35.5 Å². The van der Waals surface area contributed by atoms with E-state index in [-0.39, 0.29) is 18.1 Å². The molecule has 3 heterocycles. The molecule has 3 aliphatic heterocycles. The van der Waals surface area contributed by atoms with Gasteiger partial charge in [-0.1, -0.05) is 17.7 Å². The summed E-state index contributed by atoms with van der Waals surface area (Å²) in [7, 11) is 0. The Labute approximate surface area is 191 Å². The fourth-order valence-corrected chi connectivity index (χ4v) is 4.54. The molecule has 1 fully saturated rings. The molecule has 32 heavy (non-hydrogen) atoms. The highest BCUT2D eigenvalue weighted by atomic mass is 35.5. The van der Waals surface area contributed by atoms with Crippen LogP contribution in [0.3, 0.4) is 0 Å². The van der Waals surface area contributed by atoms with Gasteiger partial charge in [-0.05, 0) is 54.3 Å². The van der Waals surface area contributed by atoms with Crippen LogP contribution in [0.5, 0.6) is 23.0 Å². The minimum Gasteiger partial charge on any atom is -0.486 e. The molecule has 2 aromatic carbocycles. The van der Waals surface area contributed by atoms with Crippen molar-refractivity contribution >= 4 is 23.6 Å². The van der Waals surface area contributed by atoms with Crippen molar-refractivity contribution in [3.05, 3.63) is 52.6 Å². The van der Waals surface area contributed by atoms with Crippen LogP contribution < -0.4 is 24.3 Å². The molecule has 1 amide bonds. The van der Waals surface area contributed by atoms with E-state index in [0.29, 0.717) is 49.5 Å². The second-order valence-corrected chi connectivity index (χ2v) is 8.45. The summed E-state index contributed by atoms with van der Waals surface area (Å²) in [6, 6.07) is 9.58. The molecule has 1 N–H and O–H groups in total. The van der Waals surface area contributed by atoms with Gasteiger partial charge in [-0.25, -0.2) is 0 Å². The summed E-state index contributed by atoms with van der Waals surface area (Å²) < 4.78 is 27.7. The normalized spacial score (nSPS) is 18.5. The predicted octanol–water partition coefficient (Wildman–Crippen LogP) is 3.72. The van der Waals surface area contributed by atoms with E-state index >= 15 is 0 Å². The van der Waals surface area contributed by atoms with Gasteiger partial charge in [-0.15, -0.1) is 0 Å². The number of hydrogen-bond donors (Lipinski definition) is 1. The topological polar surface area (TPSA) is 75.3 Å². The van der Waals surface area contributed by atoms with Crippen LogP contribution in [0.15, 0.2) is 36.4 Å². The average molecular weight is 458 g/mol. The van der Waals surface area contributed by atoms with Crippen LogP contribution in [-0.4, -0.2) is 45.7 Å². The van der Waals surface area contributed by atoms with Gasteiger partial charge in [0.2, 0.25) is 12.7 Å². The van der Waals surface area contributed by atoms with E-state index in [1.54, 1.807) is 12.1 Å². The number of amides is 1. The quantitative estimate of drug-likeness (QED) is 0.690. The van der Waals surface area contributed by atoms with E-state index in [2.05, 4.69) is 11.4 Å². The summed E-state index contributed by atoms with van der Waals surface area (Å²) in [4.78, 5) is 12.6. The summed E-state index contributed by atoms with van der Waals surface area (Å²) in [6.45, 7) is 2.98. The first-order valence-electron chi connectivity index (χ1n) is 10.7. The molecule has 3 aliphatic rings. The minimum atomic E-state index is -0.219. The smallest absolute Gasteiger partial charge is 0.244 e. The van der Waals surface area contributed by atoms with E-state index in [9.17, 15) is 4.79 Å². The van der Waals surface area contributed by atoms with Crippen LogP contribution in [0, 0.1) is 0 Å². The number of carbonyl (C=O) groups is 1. The Morgan fingerprint density at radius 1 is 0.969 bits per heavy atom. The minimum absolute atomic E-state index is 0.178. The maximum atomic E-state index is 12.6. The maximum Gasteiger partial charge on any atom is 0.244 e. The Balaban J connectivity index is 1.29. The third kappa shape index (κ3) is 4.23. The fourth-order valence-electron chi connectivity index (χ4n) is 4.27. The fraction of sp³-hybridized carbons (Fsp3) is 0.375. The monoisotopic (exact) mass is 457 g/mol. The first kappa shape index (κ1) is 21.0. The molecule has 0 atom stereocenters. The predicted molar refractivity (Wildman–Crippen MR) is 119 cm³/mol. The highest BCUT2D eigenvalue weighted by Gasteiger charge is 2.36. The van der Waals surface area contributed by atoms with Gasteiger partial charge < -0.3 is 29.0 Å². The number of nitrogens with one attached hydrogen (secondary N) is 1. The molecular weight excluding hydrogens is 434 g/mol. The molecule has 0 aliphatic carbocycles. The largest absolute Gasteiger partial charge is 0.486 e. The van der Waals surface area contributed by atoms with Crippen molar-refractivity contribution in [2.24, 2.45) is 0 Å². The summed E-state index contributed by atoms with van der Waals surface area (Å²) in [5.74, 6) is 2.45. The van der Waals surface area contributed by atoms with Crippen molar-refractivity contribution in [1.82, 2.24) is 5.32 Å². The lowest BCUT2D eigenvalue weighted by Crippen LogP contribution is -2.44. The Morgan fingerprint density at radius 3 is 2.66 bits per heavy atom. The molecule has 1 saturated heterocycles. The molecule has 7 nitrogen and oxygen atoms in total. The van der Waals surface area contributed by atoms with E-state index in [1.165, 1.54) is 6.08 Å². The van der Waals surface area contributed by atoms with Gasteiger partial charge in [0.05, 0.1) is 5.02 Å². The number of benzene rings is 2. The molecule has 0 aromatic heterocycles. The first-order chi connectivity index (χ1) is 15.6. The van der Waals surface area contributed by atoms with Crippen LogP contribution in [0.1, 0.15) is 24.0 Å². The van der Waals surface area contributed by atoms with E-state index in [4.69, 9.17) is 35.3 Å². The average Bonchev–Trinajstić information content (AvgIpc) is 3.30. The Morgan fingerprint density at radius 2 is 1.78 bits per heavy atom. The summed E-state index contributed by atoms with van der Waals surface area (Å²) >= 11 is 6.28. The van der Waals surface area contributed by atoms with Gasteiger partial charge >= 0.3 is 0 Å². The Bertz CT molecular complexity index is 1050. The lowest BCUT2D eigenvalue weighted by molar-refractivity contribution is -0.116. The molecule has 5 rings (SSSR count). The first-order valence-corrected chi connectivity index (χ1v) is 11.0. The third-order valence-electron chi connectivity index (χ3n) is 6.08. The number of hydrogen-bond acceptors (Lipinski definition) is 6. The summed E-state index contributed by atoms with van der Waals surface area (Å²) in [5.41, 5.74) is 1.67. The molecule has 0 spiro atoms. The summed E-state index contributed by atoms with van der Waals surface area (Å²) in [6.07, 6.45) is 4.86. The van der Waals surface area contributed by atoms with Gasteiger partial charge in [0.1, 0.15) is 13.2 Å². The highest BCUT2D eigenvalue weighted by Crippen LogP contribution is 2.41. The summed E-state index contributed by atoms with van der Waals surface area (Å²) in [5, 5.41) is 3.53. The van der Waals surface area contributed by atoms with Gasteiger partial charge in [0.25, 0.3) is 0 Å². The van der Waals surface area contributed by atoms with E-state index in [1.807, 2.05) is 18.2 Å². The van der Waals surface area contributed by atoms with Crippen molar-refractivity contribution in [3.63, 3.8) is 0 Å². The lowest BCUT2D eigenvalue weighted by atomic mass is 9.74. The molecular formula is C24H24ClNO6. The molecule has 168 valence electrons. The molecule has 0 bridgehead atoms. The number of halogens is 1. The Hall–Kier alpha value is -2.90. The molecule has 0 saturated carbocycles. The van der Waals surface area contributed by atoms with Crippen molar-refractivity contribution in [2.75, 3.05) is 39.8 Å². The number of carbonyl (C=O) groups excluding carboxylic acids is 1. The van der Waals surface area contributed by atoms with Crippen LogP contribution in [0.4, 0.5) is 0 Å². The Kier molecular flexibility index (Phi) is 5.85. The number of fused-ring (bicyclic) bond motifs is 2. The second-order valence-electron chi connectivity index (χ2n) is 8.04. The molecule has 0 radical (unpaired) electrons. The standard InChI is InChI=1S/C24H24ClNO6/c25-18-11-16(12-21-23(18)30-10-9-29-21)1-4-22(27)26-14-24(5-7-28-8-6-24)17-2-3-19-20(13-17)32-15-31-19/h1-4,11-13H,5-10,14-15H2,(H,26,27)/b4-1+. The zero-order chi connectivity index (χ0) is 22.0. The van der Waals surface area contributed by atoms with Crippen LogP contribution in [-0.2, 0) is 14.9 Å². The van der Waals surface area contributed by atoms with Crippen molar-refractivity contribution in [2.45, 2.75) is 18.3 Å². The van der Waals surface area contributed by atoms with Crippen molar-refractivity contribution in [1.29, 1.82) is 0 Å². The SMILES string of the molecule is O=C(/C=C/c1cc(Cl)c2c(c1)OCCO2)NCC1(c2ccc3c(c2)OCO3)CCOCC1. The van der Waals surface area contributed by atoms with Gasteiger partial charge in [0.15, 0.2) is 23.0 Å². The van der Waals surface area contributed by atoms with Crippen LogP contribution >= 0.6 is 11.6 Å². The highest BCUT2D eigenvalue weighted by molar-refractivity contribution is 6.32. The number of rotatable bonds is 5. The van der Waals surface area contributed by atoms with Crippen molar-refractivity contribution in [3.8, 4) is 23.0 Å². The molecule has 2 aromatic rings. The second kappa shape index (κ2) is 8.92. The maximum absolute atomic E-state index is 12.6.